The molecule has 16 heteroatoms. The van der Waals surface area contributed by atoms with Gasteiger partial charge in [0, 0.05) is 28.6 Å². The number of hydrogen-bond donors (Lipinski definition) is 1. The normalized spacial score (nSPS) is 12.5. The van der Waals surface area contributed by atoms with Gasteiger partial charge in [-0.3, -0.25) is 15.5 Å². The fourth-order valence-electron chi connectivity index (χ4n) is 3.11. The molecule has 0 radical (unpaired) electrons. The molecule has 1 N–H and O–H groups in total. The summed E-state index contributed by atoms with van der Waals surface area (Å²) in [6.45, 7) is -0.299. The molecular weight excluding hydrogens is 528 g/mol. The number of alkyl halides is 6. The Morgan fingerprint density at radius 3 is 2.24 bits per heavy atom. The molecule has 0 saturated carbocycles. The largest absolute Gasteiger partial charge is 0.416 e. The van der Waals surface area contributed by atoms with Crippen LogP contribution in [0.15, 0.2) is 65.6 Å². The second kappa shape index (κ2) is 9.96. The van der Waals surface area contributed by atoms with Gasteiger partial charge in [0.2, 0.25) is 5.13 Å². The second-order valence-electron chi connectivity index (χ2n) is 7.40. The van der Waals surface area contributed by atoms with E-state index in [1.807, 2.05) is 0 Å². The number of hydrogen-bond acceptors (Lipinski definition) is 8. The molecule has 2 heterocycles. The Morgan fingerprint density at radius 2 is 1.70 bits per heavy atom. The number of halogens is 6. The quantitative estimate of drug-likeness (QED) is 0.136. The van der Waals surface area contributed by atoms with Gasteiger partial charge in [-0.1, -0.05) is 0 Å². The van der Waals surface area contributed by atoms with Crippen molar-refractivity contribution in [2.75, 3.05) is 5.43 Å². The van der Waals surface area contributed by atoms with E-state index in [9.17, 15) is 36.5 Å². The molecule has 0 bridgehead atoms. The number of rotatable bonds is 7. The number of nitrogens with zero attached hydrogens (tertiary/aromatic N) is 6. The van der Waals surface area contributed by atoms with E-state index in [0.29, 0.717) is 23.4 Å². The second-order valence-corrected chi connectivity index (χ2v) is 8.26. The average Bonchev–Trinajstić information content (AvgIpc) is 3.52. The number of nitro benzene ring substituents is 1. The van der Waals surface area contributed by atoms with Crippen molar-refractivity contribution in [1.29, 1.82) is 0 Å². The van der Waals surface area contributed by atoms with Gasteiger partial charge in [0.15, 0.2) is 0 Å². The van der Waals surface area contributed by atoms with Gasteiger partial charge < -0.3 is 0 Å². The minimum absolute atomic E-state index is 0.0291. The Balaban J connectivity index is 1.69. The van der Waals surface area contributed by atoms with Crippen molar-refractivity contribution in [3.05, 3.63) is 87.3 Å². The molecule has 9 nitrogen and oxygen atoms in total. The van der Waals surface area contributed by atoms with Crippen molar-refractivity contribution >= 4 is 27.9 Å². The summed E-state index contributed by atoms with van der Waals surface area (Å²) in [7, 11) is 0. The fourth-order valence-corrected chi connectivity index (χ4v) is 3.77. The Bertz CT molecular complexity index is 1400. The van der Waals surface area contributed by atoms with Crippen LogP contribution >= 0.6 is 11.3 Å². The first-order valence-corrected chi connectivity index (χ1v) is 10.9. The lowest BCUT2D eigenvalue weighted by atomic mass is 10.0. The van der Waals surface area contributed by atoms with Gasteiger partial charge in [-0.25, -0.2) is 14.6 Å². The number of benzene rings is 2. The van der Waals surface area contributed by atoms with E-state index in [-0.39, 0.29) is 29.1 Å². The lowest BCUT2D eigenvalue weighted by Crippen LogP contribution is -2.18. The van der Waals surface area contributed by atoms with Crippen LogP contribution in [0.4, 0.5) is 37.2 Å². The highest BCUT2D eigenvalue weighted by atomic mass is 32.1. The SMILES string of the molecule is O=[N+]([O-])c1ccc(-c2csc(N/N=C(/Cn3cncn3)c3cc(C(F)(F)F)cc(C(F)(F)F)c3)n2)cc1. The van der Waals surface area contributed by atoms with E-state index < -0.39 is 34.0 Å². The Kier molecular flexibility index (Phi) is 6.93. The topological polar surface area (TPSA) is 111 Å². The van der Waals surface area contributed by atoms with Gasteiger partial charge in [-0.2, -0.15) is 36.5 Å². The maximum Gasteiger partial charge on any atom is 0.416 e. The number of nitro groups is 1. The molecule has 2 aromatic heterocycles. The lowest BCUT2D eigenvalue weighted by molar-refractivity contribution is -0.384. The van der Waals surface area contributed by atoms with Crippen LogP contribution in [-0.4, -0.2) is 30.4 Å². The molecule has 192 valence electrons. The molecule has 0 aliphatic heterocycles. The number of thiazole rings is 1. The van der Waals surface area contributed by atoms with Crippen LogP contribution in [0.25, 0.3) is 11.3 Å². The van der Waals surface area contributed by atoms with Gasteiger partial charge in [-0.05, 0) is 30.3 Å². The molecule has 4 aromatic rings. The summed E-state index contributed by atoms with van der Waals surface area (Å²) in [4.78, 5) is 18.2. The number of nitrogens with one attached hydrogen (secondary N) is 1. The Labute approximate surface area is 207 Å². The van der Waals surface area contributed by atoms with Crippen LogP contribution in [0.3, 0.4) is 0 Å². The standard InChI is InChI=1S/C21H13F6N7O2S/c22-20(23,24)14-5-13(6-15(7-14)21(25,26)27)17(8-33-11-28-10-29-33)31-32-19-30-18(9-37-19)12-1-3-16(4-2-12)34(35)36/h1-7,9-11H,8H2,(H,30,32)/b31-17-. The predicted octanol–water partition coefficient (Wildman–Crippen LogP) is 5.86. The minimum Gasteiger partial charge on any atom is -0.258 e. The highest BCUT2D eigenvalue weighted by Gasteiger charge is 2.37. The molecule has 2 aromatic carbocycles. The Morgan fingerprint density at radius 1 is 1.05 bits per heavy atom. The van der Waals surface area contributed by atoms with Crippen molar-refractivity contribution in [2.45, 2.75) is 18.9 Å². The van der Waals surface area contributed by atoms with Crippen molar-refractivity contribution in [3.8, 4) is 11.3 Å². The molecule has 0 amide bonds. The van der Waals surface area contributed by atoms with Crippen LogP contribution in [0.2, 0.25) is 0 Å². The first-order chi connectivity index (χ1) is 17.4. The number of anilines is 1. The molecule has 0 spiro atoms. The Hall–Kier alpha value is -4.34. The first kappa shape index (κ1) is 25.7. The highest BCUT2D eigenvalue weighted by Crippen LogP contribution is 2.36. The van der Waals surface area contributed by atoms with Crippen molar-refractivity contribution in [2.24, 2.45) is 5.10 Å². The van der Waals surface area contributed by atoms with Gasteiger partial charge in [-0.15, -0.1) is 11.3 Å². The van der Waals surface area contributed by atoms with Crippen LogP contribution in [-0.2, 0) is 18.9 Å². The molecule has 37 heavy (non-hydrogen) atoms. The van der Waals surface area contributed by atoms with E-state index in [4.69, 9.17) is 0 Å². The monoisotopic (exact) mass is 541 g/mol. The average molecular weight is 541 g/mol. The predicted molar refractivity (Wildman–Crippen MR) is 121 cm³/mol. The van der Waals surface area contributed by atoms with Crippen LogP contribution in [0, 0.1) is 10.1 Å². The zero-order valence-corrected chi connectivity index (χ0v) is 19.0. The van der Waals surface area contributed by atoms with E-state index in [1.165, 1.54) is 35.3 Å². The molecule has 0 fully saturated rings. The smallest absolute Gasteiger partial charge is 0.258 e. The van der Waals surface area contributed by atoms with Crippen LogP contribution < -0.4 is 5.43 Å². The van der Waals surface area contributed by atoms with E-state index in [1.54, 1.807) is 5.38 Å². The van der Waals surface area contributed by atoms with Crippen LogP contribution in [0.5, 0.6) is 0 Å². The molecule has 0 aliphatic carbocycles. The summed E-state index contributed by atoms with van der Waals surface area (Å²) in [5.41, 5.74) is -0.190. The summed E-state index contributed by atoms with van der Waals surface area (Å²) in [6, 6.07) is 6.72. The van der Waals surface area contributed by atoms with Gasteiger partial charge in [0.05, 0.1) is 34.0 Å². The van der Waals surface area contributed by atoms with Gasteiger partial charge in [0.25, 0.3) is 5.69 Å². The molecule has 0 unspecified atom stereocenters. The zero-order chi connectivity index (χ0) is 26.8. The van der Waals surface area contributed by atoms with E-state index >= 15 is 0 Å². The van der Waals surface area contributed by atoms with E-state index in [2.05, 4.69) is 25.6 Å². The van der Waals surface area contributed by atoms with Gasteiger partial charge in [0.1, 0.15) is 12.7 Å². The summed E-state index contributed by atoms with van der Waals surface area (Å²) < 4.78 is 81.4. The highest BCUT2D eigenvalue weighted by molar-refractivity contribution is 7.14. The third-order valence-electron chi connectivity index (χ3n) is 4.86. The molecule has 0 aliphatic rings. The molecule has 0 atom stereocenters. The third-order valence-corrected chi connectivity index (χ3v) is 5.61. The maximum atomic E-state index is 13.4. The molecular formula is C21H13F6N7O2S. The maximum absolute atomic E-state index is 13.4. The summed E-state index contributed by atoms with van der Waals surface area (Å²) >= 11 is 1.06. The summed E-state index contributed by atoms with van der Waals surface area (Å²) in [5, 5.41) is 20.5. The van der Waals surface area contributed by atoms with Crippen molar-refractivity contribution < 1.29 is 31.3 Å². The number of non-ortho nitro benzene ring substituents is 1. The lowest BCUT2D eigenvalue weighted by Gasteiger charge is -2.15. The zero-order valence-electron chi connectivity index (χ0n) is 18.2. The minimum atomic E-state index is -5.03. The van der Waals surface area contributed by atoms with E-state index in [0.717, 1.165) is 17.7 Å². The van der Waals surface area contributed by atoms with Crippen LogP contribution in [0.1, 0.15) is 16.7 Å². The summed E-state index contributed by atoms with van der Waals surface area (Å²) in [5.74, 6) is 0. The van der Waals surface area contributed by atoms with Gasteiger partial charge >= 0.3 is 12.4 Å². The van der Waals surface area contributed by atoms with Crippen molar-refractivity contribution in [1.82, 2.24) is 19.7 Å². The first-order valence-electron chi connectivity index (χ1n) is 10.1. The number of hydrazone groups is 1. The third kappa shape index (κ3) is 6.27. The molecule has 0 saturated heterocycles. The molecule has 4 rings (SSSR count). The summed E-state index contributed by atoms with van der Waals surface area (Å²) in [6.07, 6.45) is -7.69. The van der Waals surface area contributed by atoms with Crippen molar-refractivity contribution in [3.63, 3.8) is 0 Å². The number of aromatic nitrogens is 4. The fraction of sp³-hybridized carbons (Fsp3) is 0.143.